The summed E-state index contributed by atoms with van der Waals surface area (Å²) in [4.78, 5) is 13.2. The van der Waals surface area contributed by atoms with Gasteiger partial charge in [-0.25, -0.2) is 0 Å². The molecule has 16 heavy (non-hydrogen) atoms. The predicted octanol–water partition coefficient (Wildman–Crippen LogP) is 1.08. The van der Waals surface area contributed by atoms with Gasteiger partial charge in [-0.15, -0.1) is 0 Å². The van der Waals surface area contributed by atoms with Crippen LogP contribution in [0.15, 0.2) is 24.3 Å². The molecule has 2 rings (SSSR count). The molecule has 84 valence electrons. The molecular formula is C12H12NO2S-. The third kappa shape index (κ3) is 1.80. The fraction of sp³-hybridized carbons (Fsp3) is 0.333. The molecule has 0 N–H and O–H groups in total. The number of carbonyl (C=O) groups is 1. The Balaban J connectivity index is 2.27. The van der Waals surface area contributed by atoms with Gasteiger partial charge in [0.25, 0.3) is 0 Å². The first-order chi connectivity index (χ1) is 7.61. The molecular weight excluding hydrogens is 222 g/mol. The van der Waals surface area contributed by atoms with Crippen molar-refractivity contribution in [3.63, 3.8) is 0 Å². The van der Waals surface area contributed by atoms with Crippen LogP contribution in [-0.2, 0) is 4.79 Å². The van der Waals surface area contributed by atoms with Crippen molar-refractivity contribution in [3.05, 3.63) is 29.8 Å². The lowest BCUT2D eigenvalue weighted by Gasteiger charge is -2.14. The second kappa shape index (κ2) is 4.22. The first-order valence-electron chi connectivity index (χ1n) is 5.17. The number of rotatable bonds is 3. The summed E-state index contributed by atoms with van der Waals surface area (Å²) in [6.45, 7) is 0. The molecule has 1 heterocycles. The third-order valence-corrected chi connectivity index (χ3v) is 3.50. The maximum atomic E-state index is 10.5. The van der Waals surface area contributed by atoms with Gasteiger partial charge in [0, 0.05) is 24.6 Å². The second-order valence-electron chi connectivity index (χ2n) is 3.92. The summed E-state index contributed by atoms with van der Waals surface area (Å²) in [5.74, 6) is -0.982. The largest absolute Gasteiger partial charge is 0.550 e. The van der Waals surface area contributed by atoms with Crippen molar-refractivity contribution in [1.29, 1.82) is 0 Å². The van der Waals surface area contributed by atoms with E-state index >= 15 is 0 Å². The van der Waals surface area contributed by atoms with Crippen LogP contribution in [-0.4, -0.2) is 18.0 Å². The highest BCUT2D eigenvalue weighted by atomic mass is 32.1. The minimum absolute atomic E-state index is 0.0362. The van der Waals surface area contributed by atoms with Crippen molar-refractivity contribution < 1.29 is 9.90 Å². The molecule has 0 radical (unpaired) electrons. The Labute approximate surface area is 99.7 Å². The molecule has 3 nitrogen and oxygen atoms in total. The number of hydrogen-bond acceptors (Lipinski definition) is 3. The number of fused-ring (bicyclic) bond motifs is 1. The lowest BCUT2D eigenvalue weighted by atomic mass is 9.96. The van der Waals surface area contributed by atoms with Gasteiger partial charge in [-0.05, 0) is 24.5 Å². The molecule has 1 aromatic carbocycles. The molecule has 0 aromatic heterocycles. The molecule has 0 fully saturated rings. The number of aliphatic carboxylic acids is 1. The summed E-state index contributed by atoms with van der Waals surface area (Å²) in [5, 5.41) is 10.5. The fourth-order valence-corrected chi connectivity index (χ4v) is 2.46. The standard InChI is InChI=1S/C12H13NO2S/c1-13-10-5-3-2-4-8(10)9(12(13)16)6-7-11(14)15/h2-5,9H,6-7H2,1H3,(H,14,15)/p-1. The van der Waals surface area contributed by atoms with Gasteiger partial charge in [0.2, 0.25) is 0 Å². The number of thiocarbonyl (C=S) groups is 1. The molecule has 0 aliphatic carbocycles. The average molecular weight is 234 g/mol. The number of anilines is 1. The summed E-state index contributed by atoms with van der Waals surface area (Å²) in [5.41, 5.74) is 2.20. The minimum atomic E-state index is -1.02. The Morgan fingerprint density at radius 1 is 1.50 bits per heavy atom. The number of carbonyl (C=O) groups excluding carboxylic acids is 1. The number of nitrogens with zero attached hydrogens (tertiary/aromatic N) is 1. The fourth-order valence-electron chi connectivity index (χ4n) is 2.11. The van der Waals surface area contributed by atoms with Crippen LogP contribution in [0.5, 0.6) is 0 Å². The zero-order valence-corrected chi connectivity index (χ0v) is 9.79. The molecule has 0 bridgehead atoms. The topological polar surface area (TPSA) is 43.4 Å². The zero-order valence-electron chi connectivity index (χ0n) is 8.97. The smallest absolute Gasteiger partial charge is 0.0897 e. The molecule has 1 aliphatic rings. The maximum absolute atomic E-state index is 10.5. The van der Waals surface area contributed by atoms with Crippen LogP contribution in [0.4, 0.5) is 5.69 Å². The highest BCUT2D eigenvalue weighted by Gasteiger charge is 2.30. The van der Waals surface area contributed by atoms with Crippen molar-refractivity contribution in [2.45, 2.75) is 18.8 Å². The maximum Gasteiger partial charge on any atom is 0.0897 e. The van der Waals surface area contributed by atoms with Crippen LogP contribution in [0.2, 0.25) is 0 Å². The van der Waals surface area contributed by atoms with E-state index in [2.05, 4.69) is 0 Å². The lowest BCUT2D eigenvalue weighted by Crippen LogP contribution is -2.25. The van der Waals surface area contributed by atoms with Crippen LogP contribution in [0.3, 0.4) is 0 Å². The van der Waals surface area contributed by atoms with Gasteiger partial charge in [-0.3, -0.25) is 0 Å². The predicted molar refractivity (Wildman–Crippen MR) is 64.4 cm³/mol. The Kier molecular flexibility index (Phi) is 2.92. The first kappa shape index (κ1) is 11.1. The molecule has 0 saturated carbocycles. The van der Waals surface area contributed by atoms with Crippen molar-refractivity contribution in [2.24, 2.45) is 0 Å². The van der Waals surface area contributed by atoms with Crippen molar-refractivity contribution in [2.75, 3.05) is 11.9 Å². The normalized spacial score (nSPS) is 18.7. The Bertz CT molecular complexity index is 444. The first-order valence-corrected chi connectivity index (χ1v) is 5.58. The van der Waals surface area contributed by atoms with Gasteiger partial charge in [-0.1, -0.05) is 30.4 Å². The van der Waals surface area contributed by atoms with Crippen LogP contribution < -0.4 is 10.0 Å². The van der Waals surface area contributed by atoms with E-state index in [4.69, 9.17) is 12.2 Å². The van der Waals surface area contributed by atoms with Crippen LogP contribution in [0.1, 0.15) is 24.3 Å². The Morgan fingerprint density at radius 3 is 2.88 bits per heavy atom. The van der Waals surface area contributed by atoms with Crippen molar-refractivity contribution in [1.82, 2.24) is 0 Å². The number of carboxylic acid groups (broad SMARTS) is 1. The highest BCUT2D eigenvalue weighted by Crippen LogP contribution is 2.39. The number of likely N-dealkylation sites (N-methyl/N-ethyl adjacent to an activating group) is 1. The van der Waals surface area contributed by atoms with Gasteiger partial charge in [0.1, 0.15) is 0 Å². The highest BCUT2D eigenvalue weighted by molar-refractivity contribution is 7.80. The minimum Gasteiger partial charge on any atom is -0.550 e. The molecule has 0 spiro atoms. The zero-order chi connectivity index (χ0) is 11.7. The van der Waals surface area contributed by atoms with E-state index in [0.29, 0.717) is 6.42 Å². The van der Waals surface area contributed by atoms with Gasteiger partial charge >= 0.3 is 0 Å². The SMILES string of the molecule is CN1C(=S)C(CCC(=O)[O-])c2ccccc21. The van der Waals surface area contributed by atoms with E-state index in [0.717, 1.165) is 16.2 Å². The quantitative estimate of drug-likeness (QED) is 0.734. The van der Waals surface area contributed by atoms with Gasteiger partial charge in [-0.2, -0.15) is 0 Å². The van der Waals surface area contributed by atoms with Crippen LogP contribution in [0, 0.1) is 0 Å². The molecule has 0 saturated heterocycles. The van der Waals surface area contributed by atoms with E-state index < -0.39 is 5.97 Å². The van der Waals surface area contributed by atoms with Crippen molar-refractivity contribution in [3.8, 4) is 0 Å². The summed E-state index contributed by atoms with van der Waals surface area (Å²) < 4.78 is 0. The van der Waals surface area contributed by atoms with E-state index in [-0.39, 0.29) is 12.3 Å². The molecule has 1 atom stereocenters. The average Bonchev–Trinajstić information content (AvgIpc) is 2.50. The summed E-state index contributed by atoms with van der Waals surface area (Å²) in [6, 6.07) is 7.91. The number of carboxylic acids is 1. The molecule has 4 heteroatoms. The van der Waals surface area contributed by atoms with E-state index in [1.165, 1.54) is 0 Å². The molecule has 1 unspecified atom stereocenters. The molecule has 1 aliphatic heterocycles. The van der Waals surface area contributed by atoms with Crippen LogP contribution >= 0.6 is 12.2 Å². The van der Waals surface area contributed by atoms with Crippen LogP contribution in [0.25, 0.3) is 0 Å². The van der Waals surface area contributed by atoms with Gasteiger partial charge in [0.15, 0.2) is 0 Å². The number of hydrogen-bond donors (Lipinski definition) is 0. The van der Waals surface area contributed by atoms with Gasteiger partial charge < -0.3 is 14.8 Å². The van der Waals surface area contributed by atoms with E-state index in [9.17, 15) is 9.90 Å². The van der Waals surface area contributed by atoms with E-state index in [1.807, 2.05) is 36.2 Å². The lowest BCUT2D eigenvalue weighted by molar-refractivity contribution is -0.305. The monoisotopic (exact) mass is 234 g/mol. The molecule has 0 amide bonds. The Hall–Kier alpha value is -1.42. The summed E-state index contributed by atoms with van der Waals surface area (Å²) in [7, 11) is 1.92. The number of para-hydroxylation sites is 1. The Morgan fingerprint density at radius 2 is 2.19 bits per heavy atom. The second-order valence-corrected chi connectivity index (χ2v) is 4.34. The van der Waals surface area contributed by atoms with Gasteiger partial charge in [0.05, 0.1) is 4.99 Å². The summed E-state index contributed by atoms with van der Waals surface area (Å²) >= 11 is 5.33. The van der Waals surface area contributed by atoms with Crippen molar-refractivity contribution >= 4 is 28.9 Å². The number of benzene rings is 1. The molecule has 1 aromatic rings. The third-order valence-electron chi connectivity index (χ3n) is 2.94. The van der Waals surface area contributed by atoms with E-state index in [1.54, 1.807) is 0 Å². The summed E-state index contributed by atoms with van der Waals surface area (Å²) in [6.07, 6.45) is 0.565.